The number of alkyl carbamates (subject to hydrolysis) is 1. The zero-order valence-electron chi connectivity index (χ0n) is 15.1. The smallest absolute Gasteiger partial charge is 0.407 e. The number of benzene rings is 2. The summed E-state index contributed by atoms with van der Waals surface area (Å²) in [5, 5.41) is 2.61. The van der Waals surface area contributed by atoms with Crippen LogP contribution in [-0.2, 0) is 9.53 Å². The molecule has 1 aliphatic carbocycles. The molecule has 0 aromatic heterocycles. The van der Waals surface area contributed by atoms with Gasteiger partial charge in [0.1, 0.15) is 12.6 Å². The monoisotopic (exact) mass is 385 g/mol. The van der Waals surface area contributed by atoms with Gasteiger partial charge < -0.3 is 10.1 Å². The van der Waals surface area contributed by atoms with E-state index in [1.165, 1.54) is 11.1 Å². The van der Waals surface area contributed by atoms with Crippen LogP contribution in [0.3, 0.4) is 0 Å². The molecule has 2 aromatic carbocycles. The first-order chi connectivity index (χ1) is 13.2. The fourth-order valence-electron chi connectivity index (χ4n) is 3.39. The fraction of sp³-hybridized carbons (Fsp3) is 0.300. The molecule has 0 fully saturated rings. The van der Waals surface area contributed by atoms with Crippen LogP contribution in [0.1, 0.15) is 23.5 Å². The lowest BCUT2D eigenvalue weighted by molar-refractivity contribution is -0.123. The van der Waals surface area contributed by atoms with Gasteiger partial charge in [0.2, 0.25) is 0 Å². The molecule has 0 saturated carbocycles. The molecule has 0 heterocycles. The maximum atomic E-state index is 12.3. The number of rotatable bonds is 7. The molecule has 0 spiro atoms. The molecule has 2 amide bonds. The van der Waals surface area contributed by atoms with Crippen molar-refractivity contribution in [2.24, 2.45) is 5.84 Å². The highest BCUT2D eigenvalue weighted by Gasteiger charge is 2.29. The van der Waals surface area contributed by atoms with Crippen LogP contribution in [0.25, 0.3) is 11.1 Å². The third-order valence-electron chi connectivity index (χ3n) is 4.71. The summed E-state index contributed by atoms with van der Waals surface area (Å²) in [6.07, 6.45) is 1.80. The zero-order chi connectivity index (χ0) is 19.2. The number of thioether (sulfide) groups is 1. The predicted octanol–water partition coefficient (Wildman–Crippen LogP) is 2.64. The molecule has 2 aromatic rings. The predicted molar refractivity (Wildman–Crippen MR) is 107 cm³/mol. The van der Waals surface area contributed by atoms with E-state index in [0.717, 1.165) is 16.9 Å². The van der Waals surface area contributed by atoms with Crippen molar-refractivity contribution >= 4 is 23.8 Å². The molecule has 0 aliphatic heterocycles. The lowest BCUT2D eigenvalue weighted by atomic mass is 9.98. The Labute approximate surface area is 162 Å². The molecule has 0 saturated heterocycles. The van der Waals surface area contributed by atoms with E-state index in [-0.39, 0.29) is 12.5 Å². The Balaban J connectivity index is 1.67. The topological polar surface area (TPSA) is 93.4 Å². The van der Waals surface area contributed by atoms with E-state index in [4.69, 9.17) is 10.6 Å². The van der Waals surface area contributed by atoms with E-state index in [1.54, 1.807) is 11.8 Å². The minimum atomic E-state index is -0.710. The highest BCUT2D eigenvalue weighted by Crippen LogP contribution is 2.44. The van der Waals surface area contributed by atoms with Gasteiger partial charge in [-0.25, -0.2) is 10.6 Å². The zero-order valence-corrected chi connectivity index (χ0v) is 15.9. The lowest BCUT2D eigenvalue weighted by Crippen LogP contribution is -2.49. The molecule has 1 atom stereocenters. The van der Waals surface area contributed by atoms with E-state index < -0.39 is 18.0 Å². The van der Waals surface area contributed by atoms with Crippen LogP contribution in [0.15, 0.2) is 48.5 Å². The molecular formula is C20H23N3O3S. The number of carbonyl (C=O) groups excluding carboxylic acids is 2. The van der Waals surface area contributed by atoms with Crippen LogP contribution in [0, 0.1) is 0 Å². The number of nitrogens with two attached hydrogens (primary N) is 1. The molecular weight excluding hydrogens is 362 g/mol. The van der Waals surface area contributed by atoms with Crippen molar-refractivity contribution in [2.75, 3.05) is 18.6 Å². The van der Waals surface area contributed by atoms with Gasteiger partial charge in [-0.15, -0.1) is 0 Å². The SMILES string of the molecule is CSCC[C@H](NC(=O)OCC1c2ccccc2-c2ccccc21)C(=O)NN. The first-order valence-corrected chi connectivity index (χ1v) is 10.2. The Hall–Kier alpha value is -2.51. The van der Waals surface area contributed by atoms with Crippen LogP contribution in [0.4, 0.5) is 4.79 Å². The molecule has 0 unspecified atom stereocenters. The van der Waals surface area contributed by atoms with Gasteiger partial charge in [0.15, 0.2) is 0 Å². The van der Waals surface area contributed by atoms with E-state index >= 15 is 0 Å². The Bertz CT molecular complexity index is 782. The summed E-state index contributed by atoms with van der Waals surface area (Å²) in [4.78, 5) is 24.1. The van der Waals surface area contributed by atoms with Crippen LogP contribution in [0.5, 0.6) is 0 Å². The fourth-order valence-corrected chi connectivity index (χ4v) is 3.86. The second-order valence-electron chi connectivity index (χ2n) is 6.31. The molecule has 4 N–H and O–H groups in total. The van der Waals surface area contributed by atoms with E-state index in [2.05, 4.69) is 35.0 Å². The minimum Gasteiger partial charge on any atom is -0.449 e. The lowest BCUT2D eigenvalue weighted by Gasteiger charge is -2.18. The summed E-state index contributed by atoms with van der Waals surface area (Å²) in [6.45, 7) is 0.208. The van der Waals surface area contributed by atoms with Crippen LogP contribution < -0.4 is 16.6 Å². The Kier molecular flexibility index (Phi) is 6.36. The second kappa shape index (κ2) is 8.92. The van der Waals surface area contributed by atoms with Crippen molar-refractivity contribution in [1.82, 2.24) is 10.7 Å². The number of hydrogen-bond donors (Lipinski definition) is 3. The van der Waals surface area contributed by atoms with Crippen LogP contribution >= 0.6 is 11.8 Å². The normalized spacial score (nSPS) is 13.4. The van der Waals surface area contributed by atoms with E-state index in [9.17, 15) is 9.59 Å². The van der Waals surface area contributed by atoms with Gasteiger partial charge in [0, 0.05) is 5.92 Å². The number of hydrazine groups is 1. The number of amides is 2. The highest BCUT2D eigenvalue weighted by molar-refractivity contribution is 7.98. The van der Waals surface area contributed by atoms with E-state index in [0.29, 0.717) is 6.42 Å². The second-order valence-corrected chi connectivity index (χ2v) is 7.30. The van der Waals surface area contributed by atoms with Crippen molar-refractivity contribution in [3.05, 3.63) is 59.7 Å². The van der Waals surface area contributed by atoms with Gasteiger partial charge in [-0.05, 0) is 40.7 Å². The maximum Gasteiger partial charge on any atom is 0.407 e. The third kappa shape index (κ3) is 4.26. The molecule has 6 nitrogen and oxygen atoms in total. The van der Waals surface area contributed by atoms with Gasteiger partial charge in [-0.3, -0.25) is 10.2 Å². The van der Waals surface area contributed by atoms with E-state index in [1.807, 2.05) is 30.5 Å². The minimum absolute atomic E-state index is 0.0175. The summed E-state index contributed by atoms with van der Waals surface area (Å²) in [6, 6.07) is 15.6. The van der Waals surface area contributed by atoms with Gasteiger partial charge in [-0.2, -0.15) is 11.8 Å². The van der Waals surface area contributed by atoms with Gasteiger partial charge >= 0.3 is 6.09 Å². The van der Waals surface area contributed by atoms with Crippen LogP contribution in [0.2, 0.25) is 0 Å². The summed E-state index contributed by atoms with van der Waals surface area (Å²) in [5.41, 5.74) is 6.71. The molecule has 7 heteroatoms. The molecule has 3 rings (SSSR count). The summed E-state index contributed by atoms with van der Waals surface area (Å²) >= 11 is 1.59. The number of nitrogens with one attached hydrogen (secondary N) is 2. The molecule has 1 aliphatic rings. The largest absolute Gasteiger partial charge is 0.449 e. The number of ether oxygens (including phenoxy) is 1. The Morgan fingerprint density at radius 3 is 2.26 bits per heavy atom. The Morgan fingerprint density at radius 2 is 1.70 bits per heavy atom. The molecule has 0 bridgehead atoms. The Morgan fingerprint density at radius 1 is 1.11 bits per heavy atom. The van der Waals surface area contributed by atoms with Crippen molar-refractivity contribution < 1.29 is 14.3 Å². The average Bonchev–Trinajstić information content (AvgIpc) is 3.03. The standard InChI is InChI=1S/C20H23N3O3S/c1-27-11-10-18(19(24)23-21)22-20(25)26-12-17-15-8-4-2-6-13(15)14-7-3-5-9-16(14)17/h2-9,17-18H,10-12,21H2,1H3,(H,22,25)(H,23,24)/t18-/m0/s1. The first-order valence-electron chi connectivity index (χ1n) is 8.76. The number of hydrogen-bond acceptors (Lipinski definition) is 5. The average molecular weight is 385 g/mol. The van der Waals surface area contributed by atoms with Crippen molar-refractivity contribution in [2.45, 2.75) is 18.4 Å². The third-order valence-corrected chi connectivity index (χ3v) is 5.35. The van der Waals surface area contributed by atoms with Gasteiger partial charge in [0.05, 0.1) is 0 Å². The number of fused-ring (bicyclic) bond motifs is 3. The van der Waals surface area contributed by atoms with Crippen LogP contribution in [-0.4, -0.2) is 36.7 Å². The molecule has 142 valence electrons. The summed E-state index contributed by atoms with van der Waals surface area (Å²) in [7, 11) is 0. The quantitative estimate of drug-likeness (QED) is 0.387. The maximum absolute atomic E-state index is 12.3. The van der Waals surface area contributed by atoms with Crippen molar-refractivity contribution in [3.8, 4) is 11.1 Å². The molecule has 0 radical (unpaired) electrons. The summed E-state index contributed by atoms with van der Waals surface area (Å²) in [5.74, 6) is 5.48. The van der Waals surface area contributed by atoms with Gasteiger partial charge in [-0.1, -0.05) is 48.5 Å². The molecule has 27 heavy (non-hydrogen) atoms. The number of carbonyl (C=O) groups is 2. The first kappa shape index (κ1) is 19.3. The summed E-state index contributed by atoms with van der Waals surface area (Å²) < 4.78 is 5.47. The highest BCUT2D eigenvalue weighted by atomic mass is 32.2. The van der Waals surface area contributed by atoms with Gasteiger partial charge in [0.25, 0.3) is 5.91 Å². The van der Waals surface area contributed by atoms with Crippen molar-refractivity contribution in [1.29, 1.82) is 0 Å². The van der Waals surface area contributed by atoms with Crippen molar-refractivity contribution in [3.63, 3.8) is 0 Å².